The van der Waals surface area contributed by atoms with Crippen LogP contribution in [0.3, 0.4) is 0 Å². The molecule has 0 spiro atoms. The van der Waals surface area contributed by atoms with Gasteiger partial charge in [0.15, 0.2) is 0 Å². The molecule has 3 aromatic carbocycles. The number of halogens is 2. The Balaban J connectivity index is 1.62. The third-order valence-electron chi connectivity index (χ3n) is 5.04. The Morgan fingerprint density at radius 2 is 1.86 bits per heavy atom. The van der Waals surface area contributed by atoms with Gasteiger partial charge in [0.1, 0.15) is 11.9 Å². The highest BCUT2D eigenvalue weighted by molar-refractivity contribution is 6.35. The molecule has 1 unspecified atom stereocenters. The number of fused-ring (bicyclic) bond motifs is 1. The van der Waals surface area contributed by atoms with E-state index in [9.17, 15) is 4.79 Å². The lowest BCUT2D eigenvalue weighted by atomic mass is 9.98. The van der Waals surface area contributed by atoms with Crippen LogP contribution in [0, 0.1) is 0 Å². The van der Waals surface area contributed by atoms with Crippen LogP contribution in [0.4, 0.5) is 0 Å². The van der Waals surface area contributed by atoms with E-state index in [1.54, 1.807) is 31.2 Å². The summed E-state index contributed by atoms with van der Waals surface area (Å²) in [7, 11) is 0. The van der Waals surface area contributed by atoms with E-state index in [-0.39, 0.29) is 12.1 Å². The number of carbonyl (C=O) groups excluding carboxylic acids is 1. The molecule has 1 atom stereocenters. The van der Waals surface area contributed by atoms with E-state index in [0.717, 1.165) is 29.5 Å². The van der Waals surface area contributed by atoms with E-state index in [0.29, 0.717) is 28.0 Å². The monoisotopic (exact) mass is 426 g/mol. The van der Waals surface area contributed by atoms with Crippen LogP contribution in [-0.2, 0) is 11.2 Å². The van der Waals surface area contributed by atoms with Gasteiger partial charge in [0.25, 0.3) is 0 Å². The van der Waals surface area contributed by atoms with Gasteiger partial charge in [0.2, 0.25) is 0 Å². The number of ether oxygens (including phenoxy) is 2. The zero-order valence-corrected chi connectivity index (χ0v) is 17.5. The van der Waals surface area contributed by atoms with E-state index in [2.05, 4.69) is 18.2 Å². The second-order valence-corrected chi connectivity index (χ2v) is 7.78. The summed E-state index contributed by atoms with van der Waals surface area (Å²) in [6.07, 6.45) is 1.77. The zero-order chi connectivity index (χ0) is 20.4. The van der Waals surface area contributed by atoms with Crippen LogP contribution in [0.2, 0.25) is 10.0 Å². The van der Waals surface area contributed by atoms with Crippen molar-refractivity contribution in [2.45, 2.75) is 25.9 Å². The summed E-state index contributed by atoms with van der Waals surface area (Å²) in [5, 5.41) is 1.09. The summed E-state index contributed by atoms with van der Waals surface area (Å²) in [6, 6.07) is 19.1. The van der Waals surface area contributed by atoms with Crippen molar-refractivity contribution in [2.75, 3.05) is 6.61 Å². The van der Waals surface area contributed by atoms with Gasteiger partial charge in [-0.15, -0.1) is 0 Å². The number of carbonyl (C=O) groups is 1. The highest BCUT2D eigenvalue weighted by atomic mass is 35.5. The predicted octanol–water partition coefficient (Wildman–Crippen LogP) is 6.90. The van der Waals surface area contributed by atoms with Crippen molar-refractivity contribution in [3.63, 3.8) is 0 Å². The minimum Gasteiger partial charge on any atom is -0.484 e. The first-order valence-corrected chi connectivity index (χ1v) is 10.3. The van der Waals surface area contributed by atoms with E-state index < -0.39 is 0 Å². The number of esters is 1. The minimum atomic E-state index is -0.311. The van der Waals surface area contributed by atoms with Crippen molar-refractivity contribution in [1.82, 2.24) is 0 Å². The molecule has 0 amide bonds. The molecule has 0 N–H and O–H groups in total. The molecular formula is C24H20Cl2O3. The first-order chi connectivity index (χ1) is 14.0. The molecule has 5 heteroatoms. The highest BCUT2D eigenvalue weighted by Gasteiger charge is 2.25. The van der Waals surface area contributed by atoms with Gasteiger partial charge in [0.05, 0.1) is 17.2 Å². The van der Waals surface area contributed by atoms with Gasteiger partial charge in [0, 0.05) is 5.02 Å². The maximum atomic E-state index is 12.1. The minimum absolute atomic E-state index is 0.0723. The Morgan fingerprint density at radius 3 is 2.66 bits per heavy atom. The van der Waals surface area contributed by atoms with Crippen LogP contribution in [0.1, 0.15) is 40.9 Å². The number of benzene rings is 3. The lowest BCUT2D eigenvalue weighted by Gasteiger charge is -2.17. The molecule has 4 rings (SSSR count). The standard InChI is InChI=1S/C24H20Cl2O3/c1-2-28-24(27)18-5-3-4-16(12-18)17-7-6-15-8-10-22(20(15)13-17)29-23-11-9-19(25)14-21(23)26/h3-7,9,11-14,22H,2,8,10H2,1H3. The summed E-state index contributed by atoms with van der Waals surface area (Å²) in [4.78, 5) is 12.1. The van der Waals surface area contributed by atoms with E-state index in [4.69, 9.17) is 32.7 Å². The maximum Gasteiger partial charge on any atom is 0.338 e. The first-order valence-electron chi connectivity index (χ1n) is 9.57. The lowest BCUT2D eigenvalue weighted by molar-refractivity contribution is 0.0526. The first kappa shape index (κ1) is 19.8. The van der Waals surface area contributed by atoms with Crippen molar-refractivity contribution in [2.24, 2.45) is 0 Å². The van der Waals surface area contributed by atoms with Crippen LogP contribution in [0.5, 0.6) is 5.75 Å². The molecule has 3 aromatic rings. The quantitative estimate of drug-likeness (QED) is 0.416. The Kier molecular flexibility index (Phi) is 5.79. The summed E-state index contributed by atoms with van der Waals surface area (Å²) in [6.45, 7) is 2.16. The number of aryl methyl sites for hydroxylation is 1. The molecule has 0 aliphatic heterocycles. The molecule has 1 aliphatic rings. The molecule has 0 bridgehead atoms. The average molecular weight is 427 g/mol. The molecule has 1 aliphatic carbocycles. The zero-order valence-electron chi connectivity index (χ0n) is 16.0. The normalized spacial score (nSPS) is 15.1. The largest absolute Gasteiger partial charge is 0.484 e. The van der Waals surface area contributed by atoms with Crippen molar-refractivity contribution < 1.29 is 14.3 Å². The van der Waals surface area contributed by atoms with Crippen molar-refractivity contribution in [1.29, 1.82) is 0 Å². The van der Waals surface area contributed by atoms with E-state index in [1.165, 1.54) is 5.56 Å². The summed E-state index contributed by atoms with van der Waals surface area (Å²) >= 11 is 12.3. The molecule has 3 nitrogen and oxygen atoms in total. The second-order valence-electron chi connectivity index (χ2n) is 6.93. The molecule has 0 aromatic heterocycles. The number of rotatable bonds is 5. The van der Waals surface area contributed by atoms with Gasteiger partial charge < -0.3 is 9.47 Å². The summed E-state index contributed by atoms with van der Waals surface area (Å²) < 4.78 is 11.3. The molecule has 0 heterocycles. The Bertz CT molecular complexity index is 1060. The van der Waals surface area contributed by atoms with Gasteiger partial charge in [-0.05, 0) is 78.4 Å². The van der Waals surface area contributed by atoms with Gasteiger partial charge in [-0.2, -0.15) is 0 Å². The SMILES string of the molecule is CCOC(=O)c1cccc(-c2ccc3c(c2)C(Oc2ccc(Cl)cc2Cl)CC3)c1. The molecule has 29 heavy (non-hydrogen) atoms. The highest BCUT2D eigenvalue weighted by Crippen LogP contribution is 2.39. The molecule has 0 fully saturated rings. The molecular weight excluding hydrogens is 407 g/mol. The van der Waals surface area contributed by atoms with Crippen LogP contribution >= 0.6 is 23.2 Å². The lowest BCUT2D eigenvalue weighted by Crippen LogP contribution is -2.05. The number of hydrogen-bond acceptors (Lipinski definition) is 3. The maximum absolute atomic E-state index is 12.1. The molecule has 0 saturated heterocycles. The fourth-order valence-electron chi connectivity index (χ4n) is 3.63. The molecule has 148 valence electrons. The predicted molar refractivity (Wildman–Crippen MR) is 116 cm³/mol. The van der Waals surface area contributed by atoms with Crippen molar-refractivity contribution in [3.05, 3.63) is 87.4 Å². The smallest absolute Gasteiger partial charge is 0.338 e. The number of hydrogen-bond donors (Lipinski definition) is 0. The third kappa shape index (κ3) is 4.26. The topological polar surface area (TPSA) is 35.5 Å². The Labute approximate surface area is 180 Å². The Hall–Kier alpha value is -2.49. The van der Waals surface area contributed by atoms with Crippen LogP contribution in [0.25, 0.3) is 11.1 Å². The van der Waals surface area contributed by atoms with Gasteiger partial charge >= 0.3 is 5.97 Å². The molecule has 0 radical (unpaired) electrons. The van der Waals surface area contributed by atoms with Crippen LogP contribution < -0.4 is 4.74 Å². The Morgan fingerprint density at radius 1 is 1.03 bits per heavy atom. The van der Waals surface area contributed by atoms with Crippen LogP contribution in [-0.4, -0.2) is 12.6 Å². The summed E-state index contributed by atoms with van der Waals surface area (Å²) in [5.74, 6) is 0.317. The average Bonchev–Trinajstić information content (AvgIpc) is 3.12. The molecule has 0 saturated carbocycles. The third-order valence-corrected chi connectivity index (χ3v) is 5.57. The summed E-state index contributed by atoms with van der Waals surface area (Å²) in [5.41, 5.74) is 4.96. The van der Waals surface area contributed by atoms with Crippen LogP contribution in [0.15, 0.2) is 60.7 Å². The van der Waals surface area contributed by atoms with Gasteiger partial charge in [-0.3, -0.25) is 0 Å². The fourth-order valence-corrected chi connectivity index (χ4v) is 4.08. The van der Waals surface area contributed by atoms with Gasteiger partial charge in [-0.25, -0.2) is 4.79 Å². The van der Waals surface area contributed by atoms with Crippen molar-refractivity contribution in [3.8, 4) is 16.9 Å². The fraction of sp³-hybridized carbons (Fsp3) is 0.208. The van der Waals surface area contributed by atoms with E-state index >= 15 is 0 Å². The second kappa shape index (κ2) is 8.48. The van der Waals surface area contributed by atoms with Gasteiger partial charge in [-0.1, -0.05) is 47.5 Å². The van der Waals surface area contributed by atoms with Crippen molar-refractivity contribution >= 4 is 29.2 Å². The van der Waals surface area contributed by atoms with E-state index in [1.807, 2.05) is 18.2 Å².